The van der Waals surface area contributed by atoms with E-state index in [1.54, 1.807) is 0 Å². The van der Waals surface area contributed by atoms with Gasteiger partial charge in [-0.15, -0.1) is 11.8 Å². The third kappa shape index (κ3) is 2.25. The molecule has 2 aromatic rings. The van der Waals surface area contributed by atoms with Crippen LogP contribution in [-0.4, -0.2) is 31.8 Å². The minimum Gasteiger partial charge on any atom is -0.300 e. The van der Waals surface area contributed by atoms with Gasteiger partial charge in [0.1, 0.15) is 11.3 Å². The van der Waals surface area contributed by atoms with E-state index in [-0.39, 0.29) is 0 Å². The van der Waals surface area contributed by atoms with Gasteiger partial charge in [-0.3, -0.25) is 4.57 Å². The Balaban J connectivity index is 1.82. The average Bonchev–Trinajstić information content (AvgIpc) is 3.14. The first kappa shape index (κ1) is 13.0. The van der Waals surface area contributed by atoms with Gasteiger partial charge in [-0.1, -0.05) is 0 Å². The molecule has 2 aliphatic rings. The van der Waals surface area contributed by atoms with Crippen molar-refractivity contribution in [2.75, 3.05) is 17.3 Å². The number of aromatic nitrogens is 3. The molecule has 4 heterocycles. The number of pyridine rings is 1. The zero-order valence-electron chi connectivity index (χ0n) is 11.5. The summed E-state index contributed by atoms with van der Waals surface area (Å²) in [6.07, 6.45) is 7.03. The van der Waals surface area contributed by atoms with Crippen LogP contribution in [0.5, 0.6) is 0 Å². The van der Waals surface area contributed by atoms with Gasteiger partial charge in [0.25, 0.3) is 0 Å². The Morgan fingerprint density at radius 3 is 2.85 bits per heavy atom. The second kappa shape index (κ2) is 5.60. The molecule has 5 heteroatoms. The van der Waals surface area contributed by atoms with Gasteiger partial charge >= 0.3 is 0 Å². The smallest absolute Gasteiger partial charge is 0.160 e. The van der Waals surface area contributed by atoms with Crippen molar-refractivity contribution in [2.24, 2.45) is 0 Å². The third-order valence-corrected chi connectivity index (χ3v) is 6.66. The van der Waals surface area contributed by atoms with Crippen LogP contribution in [0.1, 0.15) is 42.8 Å². The predicted octanol–water partition coefficient (Wildman–Crippen LogP) is 4.07. The van der Waals surface area contributed by atoms with E-state index in [0.29, 0.717) is 11.3 Å². The van der Waals surface area contributed by atoms with Crippen molar-refractivity contribution in [3.63, 3.8) is 0 Å². The summed E-state index contributed by atoms with van der Waals surface area (Å²) in [6.45, 7) is 0. The van der Waals surface area contributed by atoms with Gasteiger partial charge in [0.05, 0.1) is 5.37 Å². The summed E-state index contributed by atoms with van der Waals surface area (Å²) in [5.41, 5.74) is 2.17. The molecule has 0 amide bonds. The summed E-state index contributed by atoms with van der Waals surface area (Å²) >= 11 is 4.15. The number of fused-ring (bicyclic) bond motifs is 1. The van der Waals surface area contributed by atoms with Crippen LogP contribution in [0, 0.1) is 0 Å². The highest BCUT2D eigenvalue weighted by molar-refractivity contribution is 7.99. The summed E-state index contributed by atoms with van der Waals surface area (Å²) in [5.74, 6) is 5.76. The van der Waals surface area contributed by atoms with E-state index < -0.39 is 0 Å². The fourth-order valence-corrected chi connectivity index (χ4v) is 5.64. The summed E-state index contributed by atoms with van der Waals surface area (Å²) in [4.78, 5) is 9.58. The normalized spacial score (nSPS) is 24.5. The summed E-state index contributed by atoms with van der Waals surface area (Å²) in [5, 5.41) is 0.555. The number of thioether (sulfide) groups is 2. The fraction of sp³-hybridized carbons (Fsp3) is 0.600. The standard InChI is InChI=1S/C15H19N3S2/c1-3-12-15(16-7-1)18(13-4-2-8-20-13)14(17-12)11-5-9-19-10-6-11/h1,3,7,11,13H,2,4-6,8-10H2. The number of rotatable bonds is 2. The second-order valence-corrected chi connectivity index (χ2v) is 8.05. The lowest BCUT2D eigenvalue weighted by Crippen LogP contribution is -2.16. The monoisotopic (exact) mass is 305 g/mol. The molecule has 106 valence electrons. The molecular formula is C15H19N3S2. The Hall–Kier alpha value is -0.680. The quantitative estimate of drug-likeness (QED) is 0.837. The topological polar surface area (TPSA) is 30.7 Å². The maximum atomic E-state index is 4.96. The zero-order valence-corrected chi connectivity index (χ0v) is 13.1. The molecule has 20 heavy (non-hydrogen) atoms. The predicted molar refractivity (Wildman–Crippen MR) is 87.6 cm³/mol. The number of hydrogen-bond donors (Lipinski definition) is 0. The van der Waals surface area contributed by atoms with Gasteiger partial charge < -0.3 is 0 Å². The molecule has 0 radical (unpaired) electrons. The van der Waals surface area contributed by atoms with E-state index in [0.717, 1.165) is 11.2 Å². The van der Waals surface area contributed by atoms with Crippen molar-refractivity contribution in [1.29, 1.82) is 0 Å². The first-order chi connectivity index (χ1) is 9.93. The van der Waals surface area contributed by atoms with Crippen LogP contribution in [0.15, 0.2) is 18.3 Å². The van der Waals surface area contributed by atoms with E-state index >= 15 is 0 Å². The lowest BCUT2D eigenvalue weighted by Gasteiger charge is -2.24. The molecular weight excluding hydrogens is 286 g/mol. The van der Waals surface area contributed by atoms with E-state index in [9.17, 15) is 0 Å². The lowest BCUT2D eigenvalue weighted by atomic mass is 10.0. The maximum absolute atomic E-state index is 4.96. The Kier molecular flexibility index (Phi) is 3.65. The number of imidazole rings is 1. The minimum absolute atomic E-state index is 0.555. The highest BCUT2D eigenvalue weighted by Crippen LogP contribution is 2.41. The van der Waals surface area contributed by atoms with E-state index in [1.807, 2.05) is 12.3 Å². The van der Waals surface area contributed by atoms with Gasteiger partial charge in [0.2, 0.25) is 0 Å². The van der Waals surface area contributed by atoms with Crippen LogP contribution in [0.3, 0.4) is 0 Å². The van der Waals surface area contributed by atoms with E-state index in [4.69, 9.17) is 4.98 Å². The van der Waals surface area contributed by atoms with Crippen molar-refractivity contribution in [3.05, 3.63) is 24.2 Å². The summed E-state index contributed by atoms with van der Waals surface area (Å²) in [7, 11) is 0. The SMILES string of the molecule is c1cnc2c(c1)nc(C1CCSCC1)n2C1CCCS1. The molecule has 0 aromatic carbocycles. The molecule has 0 spiro atoms. The van der Waals surface area contributed by atoms with Gasteiger partial charge in [-0.25, -0.2) is 9.97 Å². The second-order valence-electron chi connectivity index (χ2n) is 5.54. The van der Waals surface area contributed by atoms with Gasteiger partial charge in [0, 0.05) is 12.1 Å². The van der Waals surface area contributed by atoms with Crippen LogP contribution in [-0.2, 0) is 0 Å². The van der Waals surface area contributed by atoms with Crippen LogP contribution in [0.4, 0.5) is 0 Å². The van der Waals surface area contributed by atoms with Crippen molar-refractivity contribution in [3.8, 4) is 0 Å². The van der Waals surface area contributed by atoms with Gasteiger partial charge in [0.15, 0.2) is 5.65 Å². The van der Waals surface area contributed by atoms with Crippen molar-refractivity contribution >= 4 is 34.7 Å². The Labute approximate surface area is 127 Å². The molecule has 2 aromatic heterocycles. The van der Waals surface area contributed by atoms with Crippen LogP contribution in [0.2, 0.25) is 0 Å². The molecule has 4 rings (SSSR count). The molecule has 0 bridgehead atoms. The molecule has 0 saturated carbocycles. The lowest BCUT2D eigenvalue weighted by molar-refractivity contribution is 0.537. The first-order valence-corrected chi connectivity index (χ1v) is 9.66. The molecule has 2 aliphatic heterocycles. The van der Waals surface area contributed by atoms with Crippen molar-refractivity contribution < 1.29 is 0 Å². The summed E-state index contributed by atoms with van der Waals surface area (Å²) < 4.78 is 2.47. The minimum atomic E-state index is 0.555. The van der Waals surface area contributed by atoms with Crippen molar-refractivity contribution in [1.82, 2.24) is 14.5 Å². The number of hydrogen-bond acceptors (Lipinski definition) is 4. The Morgan fingerprint density at radius 1 is 1.15 bits per heavy atom. The molecule has 2 saturated heterocycles. The van der Waals surface area contributed by atoms with Crippen LogP contribution in [0.25, 0.3) is 11.2 Å². The van der Waals surface area contributed by atoms with Crippen LogP contribution < -0.4 is 0 Å². The average molecular weight is 305 g/mol. The zero-order chi connectivity index (χ0) is 13.4. The fourth-order valence-electron chi connectivity index (χ4n) is 3.24. The van der Waals surface area contributed by atoms with Gasteiger partial charge in [-0.05, 0) is 55.1 Å². The van der Waals surface area contributed by atoms with Crippen LogP contribution >= 0.6 is 23.5 Å². The molecule has 3 nitrogen and oxygen atoms in total. The molecule has 1 unspecified atom stereocenters. The third-order valence-electron chi connectivity index (χ3n) is 4.26. The first-order valence-electron chi connectivity index (χ1n) is 7.45. The largest absolute Gasteiger partial charge is 0.300 e. The van der Waals surface area contributed by atoms with Crippen molar-refractivity contribution in [2.45, 2.75) is 37.0 Å². The van der Waals surface area contributed by atoms with E-state index in [2.05, 4.69) is 39.1 Å². The molecule has 0 N–H and O–H groups in total. The highest BCUT2D eigenvalue weighted by atomic mass is 32.2. The maximum Gasteiger partial charge on any atom is 0.160 e. The molecule has 2 fully saturated rings. The summed E-state index contributed by atoms with van der Waals surface area (Å²) in [6, 6.07) is 4.11. The highest BCUT2D eigenvalue weighted by Gasteiger charge is 2.28. The van der Waals surface area contributed by atoms with E-state index in [1.165, 1.54) is 48.8 Å². The van der Waals surface area contributed by atoms with Gasteiger partial charge in [-0.2, -0.15) is 11.8 Å². The number of nitrogens with zero attached hydrogens (tertiary/aromatic N) is 3. The Bertz CT molecular complexity index is 598. The molecule has 0 aliphatic carbocycles. The molecule has 1 atom stereocenters. The Morgan fingerprint density at radius 2 is 2.05 bits per heavy atom.